The summed E-state index contributed by atoms with van der Waals surface area (Å²) in [5.41, 5.74) is 4.39. The van der Waals surface area contributed by atoms with Gasteiger partial charge in [0.25, 0.3) is 0 Å². The predicted molar refractivity (Wildman–Crippen MR) is 77.9 cm³/mol. The number of nitrogens with zero attached hydrogens (tertiary/aromatic N) is 1. The highest BCUT2D eigenvalue weighted by atomic mass is 15.2. The zero-order valence-corrected chi connectivity index (χ0v) is 12.0. The molecule has 2 rings (SSSR count). The molecule has 100 valence electrons. The van der Waals surface area contributed by atoms with Gasteiger partial charge in [-0.2, -0.15) is 0 Å². The van der Waals surface area contributed by atoms with Crippen molar-refractivity contribution >= 4 is 0 Å². The normalized spacial score (nSPS) is 17.3. The van der Waals surface area contributed by atoms with E-state index in [0.717, 1.165) is 19.1 Å². The molecule has 1 aromatic rings. The second-order valence-electron chi connectivity index (χ2n) is 5.41. The minimum atomic E-state index is 0.759. The Kier molecular flexibility index (Phi) is 4.79. The number of rotatable bonds is 4. The Balaban J connectivity index is 2.09. The van der Waals surface area contributed by atoms with Crippen LogP contribution < -0.4 is 5.32 Å². The van der Waals surface area contributed by atoms with Crippen molar-refractivity contribution in [1.29, 1.82) is 0 Å². The number of piperidine rings is 1. The summed E-state index contributed by atoms with van der Waals surface area (Å²) in [6.45, 7) is 11.4. The first-order chi connectivity index (χ1) is 8.72. The molecule has 2 heteroatoms. The van der Waals surface area contributed by atoms with Gasteiger partial charge < -0.3 is 5.32 Å². The van der Waals surface area contributed by atoms with Crippen molar-refractivity contribution < 1.29 is 0 Å². The molecule has 0 aliphatic carbocycles. The molecule has 1 heterocycles. The molecule has 0 bridgehead atoms. The average Bonchev–Trinajstić information content (AvgIpc) is 2.40. The van der Waals surface area contributed by atoms with E-state index in [2.05, 4.69) is 49.2 Å². The molecule has 1 aromatic carbocycles. The summed E-state index contributed by atoms with van der Waals surface area (Å²) in [7, 11) is 0. The zero-order valence-electron chi connectivity index (χ0n) is 12.0. The van der Waals surface area contributed by atoms with Crippen LogP contribution in [0.5, 0.6) is 0 Å². The topological polar surface area (TPSA) is 15.3 Å². The van der Waals surface area contributed by atoms with Crippen LogP contribution >= 0.6 is 0 Å². The van der Waals surface area contributed by atoms with Crippen molar-refractivity contribution in [1.82, 2.24) is 10.2 Å². The first-order valence-electron chi connectivity index (χ1n) is 7.22. The molecule has 0 aromatic heterocycles. The van der Waals surface area contributed by atoms with Crippen LogP contribution in [0, 0.1) is 13.8 Å². The van der Waals surface area contributed by atoms with E-state index in [9.17, 15) is 0 Å². The van der Waals surface area contributed by atoms with Gasteiger partial charge in [-0.05, 0) is 63.0 Å². The Bertz CT molecular complexity index is 360. The van der Waals surface area contributed by atoms with Gasteiger partial charge in [0.15, 0.2) is 0 Å². The van der Waals surface area contributed by atoms with E-state index in [-0.39, 0.29) is 0 Å². The van der Waals surface area contributed by atoms with E-state index in [0.29, 0.717) is 0 Å². The summed E-state index contributed by atoms with van der Waals surface area (Å²) < 4.78 is 0. The van der Waals surface area contributed by atoms with Gasteiger partial charge >= 0.3 is 0 Å². The molecule has 1 N–H and O–H groups in total. The monoisotopic (exact) mass is 246 g/mol. The minimum absolute atomic E-state index is 0.759. The van der Waals surface area contributed by atoms with E-state index in [4.69, 9.17) is 0 Å². The van der Waals surface area contributed by atoms with Crippen molar-refractivity contribution in [3.05, 3.63) is 34.9 Å². The zero-order chi connectivity index (χ0) is 13.0. The van der Waals surface area contributed by atoms with E-state index >= 15 is 0 Å². The van der Waals surface area contributed by atoms with Crippen LogP contribution in [0.1, 0.15) is 36.5 Å². The first kappa shape index (κ1) is 13.6. The van der Waals surface area contributed by atoms with Crippen molar-refractivity contribution in [2.24, 2.45) is 0 Å². The molecule has 18 heavy (non-hydrogen) atoms. The number of aryl methyl sites for hydroxylation is 2. The lowest BCUT2D eigenvalue weighted by Gasteiger charge is -2.34. The van der Waals surface area contributed by atoms with Crippen LogP contribution in [0.2, 0.25) is 0 Å². The van der Waals surface area contributed by atoms with Crippen molar-refractivity contribution in [3.63, 3.8) is 0 Å². The van der Waals surface area contributed by atoms with Crippen LogP contribution in [0.3, 0.4) is 0 Å². The van der Waals surface area contributed by atoms with E-state index in [1.807, 2.05) is 0 Å². The average molecular weight is 246 g/mol. The summed E-state index contributed by atoms with van der Waals surface area (Å²) in [6.07, 6.45) is 2.58. The number of hydrogen-bond acceptors (Lipinski definition) is 2. The van der Waals surface area contributed by atoms with Crippen LogP contribution in [-0.2, 0) is 6.54 Å². The second kappa shape index (κ2) is 6.35. The highest BCUT2D eigenvalue weighted by molar-refractivity contribution is 5.33. The van der Waals surface area contributed by atoms with Crippen LogP contribution in [-0.4, -0.2) is 30.6 Å². The molecule has 2 nitrogen and oxygen atoms in total. The lowest BCUT2D eigenvalue weighted by atomic mass is 9.99. The SMILES string of the molecule is CCN(Cc1c(C)cccc1C)C1CCNCC1. The van der Waals surface area contributed by atoms with Gasteiger partial charge in [0, 0.05) is 12.6 Å². The van der Waals surface area contributed by atoms with Gasteiger partial charge in [0.05, 0.1) is 0 Å². The standard InChI is InChI=1S/C16H26N2/c1-4-18(15-8-10-17-11-9-15)12-16-13(2)6-5-7-14(16)3/h5-7,15,17H,4,8-12H2,1-3H3. The van der Waals surface area contributed by atoms with E-state index in [1.54, 1.807) is 0 Å². The molecule has 0 amide bonds. The molecule has 1 fully saturated rings. The summed E-state index contributed by atoms with van der Waals surface area (Å²) in [4.78, 5) is 2.65. The van der Waals surface area contributed by atoms with Gasteiger partial charge in [-0.25, -0.2) is 0 Å². The van der Waals surface area contributed by atoms with Gasteiger partial charge in [-0.3, -0.25) is 4.90 Å². The third-order valence-electron chi connectivity index (χ3n) is 4.24. The molecule has 1 aliphatic heterocycles. The summed E-state index contributed by atoms with van der Waals surface area (Å²) in [6, 6.07) is 7.39. The maximum Gasteiger partial charge on any atom is 0.0241 e. The third kappa shape index (κ3) is 3.12. The minimum Gasteiger partial charge on any atom is -0.317 e. The molecule has 1 aliphatic rings. The summed E-state index contributed by atoms with van der Waals surface area (Å²) in [5, 5.41) is 3.45. The number of hydrogen-bond donors (Lipinski definition) is 1. The van der Waals surface area contributed by atoms with E-state index in [1.165, 1.54) is 42.6 Å². The maximum absolute atomic E-state index is 3.45. The Morgan fingerprint density at radius 1 is 1.17 bits per heavy atom. The Hall–Kier alpha value is -0.860. The highest BCUT2D eigenvalue weighted by Crippen LogP contribution is 2.20. The largest absolute Gasteiger partial charge is 0.317 e. The lowest BCUT2D eigenvalue weighted by Crippen LogP contribution is -2.42. The molecule has 0 unspecified atom stereocenters. The molecular weight excluding hydrogens is 220 g/mol. The third-order valence-corrected chi connectivity index (χ3v) is 4.24. The molecule has 0 radical (unpaired) electrons. The Morgan fingerprint density at radius 3 is 2.33 bits per heavy atom. The van der Waals surface area contributed by atoms with Gasteiger partial charge in [-0.15, -0.1) is 0 Å². The van der Waals surface area contributed by atoms with Crippen LogP contribution in [0.25, 0.3) is 0 Å². The Labute approximate surface area is 111 Å². The number of benzene rings is 1. The quantitative estimate of drug-likeness (QED) is 0.879. The molecule has 1 saturated heterocycles. The lowest BCUT2D eigenvalue weighted by molar-refractivity contribution is 0.161. The van der Waals surface area contributed by atoms with Crippen LogP contribution in [0.4, 0.5) is 0 Å². The number of nitrogens with one attached hydrogen (secondary N) is 1. The van der Waals surface area contributed by atoms with Crippen molar-refractivity contribution in [2.45, 2.75) is 46.2 Å². The smallest absolute Gasteiger partial charge is 0.0241 e. The Morgan fingerprint density at radius 2 is 1.78 bits per heavy atom. The van der Waals surface area contributed by atoms with E-state index < -0.39 is 0 Å². The fourth-order valence-electron chi connectivity index (χ4n) is 2.97. The fourth-order valence-corrected chi connectivity index (χ4v) is 2.97. The van der Waals surface area contributed by atoms with Crippen LogP contribution in [0.15, 0.2) is 18.2 Å². The molecule has 0 saturated carbocycles. The van der Waals surface area contributed by atoms with Crippen molar-refractivity contribution in [2.75, 3.05) is 19.6 Å². The highest BCUT2D eigenvalue weighted by Gasteiger charge is 2.20. The van der Waals surface area contributed by atoms with Gasteiger partial charge in [0.1, 0.15) is 0 Å². The maximum atomic E-state index is 3.45. The molecule has 0 spiro atoms. The molecular formula is C16H26N2. The fraction of sp³-hybridized carbons (Fsp3) is 0.625. The first-order valence-corrected chi connectivity index (χ1v) is 7.22. The summed E-state index contributed by atoms with van der Waals surface area (Å²) in [5.74, 6) is 0. The van der Waals surface area contributed by atoms with Gasteiger partial charge in [-0.1, -0.05) is 25.1 Å². The second-order valence-corrected chi connectivity index (χ2v) is 5.41. The predicted octanol–water partition coefficient (Wildman–Crippen LogP) is 2.88. The van der Waals surface area contributed by atoms with Gasteiger partial charge in [0.2, 0.25) is 0 Å². The van der Waals surface area contributed by atoms with Crippen molar-refractivity contribution in [3.8, 4) is 0 Å². The summed E-state index contributed by atoms with van der Waals surface area (Å²) >= 11 is 0. The molecule has 0 atom stereocenters.